The van der Waals surface area contributed by atoms with Gasteiger partial charge in [0.05, 0.1) is 13.2 Å². The zero-order valence-electron chi connectivity index (χ0n) is 15.7. The first kappa shape index (κ1) is 21.2. The summed E-state index contributed by atoms with van der Waals surface area (Å²) in [5.74, 6) is 1.85. The first-order valence-electron chi connectivity index (χ1n) is 9.51. The van der Waals surface area contributed by atoms with Gasteiger partial charge in [-0.3, -0.25) is 14.8 Å². The van der Waals surface area contributed by atoms with E-state index < -0.39 is 0 Å². The summed E-state index contributed by atoms with van der Waals surface area (Å²) >= 11 is 0. The van der Waals surface area contributed by atoms with Crippen molar-refractivity contribution in [2.75, 3.05) is 59.0 Å². The molecule has 6 nitrogen and oxygen atoms in total. The minimum atomic E-state index is 0. The molecule has 1 unspecified atom stereocenters. The molecule has 3 fully saturated rings. The summed E-state index contributed by atoms with van der Waals surface area (Å²) in [6.07, 6.45) is 0.947. The second kappa shape index (κ2) is 11.6. The number of para-hydroxylation sites is 1. The van der Waals surface area contributed by atoms with Crippen LogP contribution in [-0.2, 0) is 0 Å². The van der Waals surface area contributed by atoms with E-state index in [0.29, 0.717) is 12.6 Å². The van der Waals surface area contributed by atoms with Gasteiger partial charge >= 0.3 is 0 Å². The number of piperazine rings is 3. The molecule has 3 saturated heterocycles. The predicted molar refractivity (Wildman–Crippen MR) is 118 cm³/mol. The van der Waals surface area contributed by atoms with Gasteiger partial charge in [-0.2, -0.15) is 0 Å². The number of rotatable bonds is 8. The highest BCUT2D eigenvalue weighted by Crippen LogP contribution is 2.15. The summed E-state index contributed by atoms with van der Waals surface area (Å²) in [6.45, 7) is 11.4. The molecule has 3 heterocycles. The molecular formula is C19H32IN5O. The van der Waals surface area contributed by atoms with Crippen molar-refractivity contribution in [2.45, 2.75) is 19.4 Å². The van der Waals surface area contributed by atoms with Crippen molar-refractivity contribution in [1.82, 2.24) is 20.4 Å². The number of ether oxygens (including phenoxy) is 1. The van der Waals surface area contributed by atoms with Gasteiger partial charge < -0.3 is 15.4 Å². The third kappa shape index (κ3) is 6.59. The molecule has 1 aromatic rings. The molecule has 0 aromatic heterocycles. The van der Waals surface area contributed by atoms with E-state index in [-0.39, 0.29) is 24.0 Å². The lowest BCUT2D eigenvalue weighted by Gasteiger charge is -2.47. The maximum absolute atomic E-state index is 5.72. The predicted octanol–water partition coefficient (Wildman–Crippen LogP) is 1.63. The van der Waals surface area contributed by atoms with E-state index in [2.05, 4.69) is 27.4 Å². The van der Waals surface area contributed by atoms with Crippen molar-refractivity contribution in [1.29, 1.82) is 0 Å². The lowest BCUT2D eigenvalue weighted by atomic mass is 10.1. The van der Waals surface area contributed by atoms with E-state index in [1.54, 1.807) is 0 Å². The minimum Gasteiger partial charge on any atom is -0.494 e. The fraction of sp³-hybridized carbons (Fsp3) is 0.632. The van der Waals surface area contributed by atoms with Gasteiger partial charge in [-0.25, -0.2) is 0 Å². The van der Waals surface area contributed by atoms with Crippen molar-refractivity contribution >= 4 is 29.9 Å². The number of fused-ring (bicyclic) bond motifs is 3. The van der Waals surface area contributed by atoms with E-state index in [1.165, 1.54) is 26.2 Å². The Morgan fingerprint density at radius 3 is 2.58 bits per heavy atom. The lowest BCUT2D eigenvalue weighted by molar-refractivity contribution is 0.0174. The second-order valence-electron chi connectivity index (χ2n) is 6.65. The molecule has 3 aliphatic heterocycles. The summed E-state index contributed by atoms with van der Waals surface area (Å²) in [6, 6.07) is 10.5. The molecule has 1 aromatic carbocycles. The summed E-state index contributed by atoms with van der Waals surface area (Å²) in [7, 11) is 0. The van der Waals surface area contributed by atoms with Crippen LogP contribution in [0.15, 0.2) is 35.3 Å². The van der Waals surface area contributed by atoms with Gasteiger partial charge in [-0.05, 0) is 25.5 Å². The summed E-state index contributed by atoms with van der Waals surface area (Å²) in [4.78, 5) is 9.94. The Bertz CT molecular complexity index is 534. The Morgan fingerprint density at radius 1 is 1.15 bits per heavy atom. The van der Waals surface area contributed by atoms with Crippen molar-refractivity contribution < 1.29 is 4.74 Å². The van der Waals surface area contributed by atoms with Crippen LogP contribution in [0.3, 0.4) is 0 Å². The normalized spacial score (nSPS) is 24.7. The standard InChI is InChI=1S/C19H31N5O.HI/c1-2-20-19(21-9-6-14-25-18-7-4-3-5-8-18)22-15-17-16-23-10-12-24(17)13-11-23;/h3-5,7-8,17H,2,6,9-16H2,1H3,(H2,20,21,22);1H. The number of guanidine groups is 1. The SMILES string of the molecule is CCNC(=NCC1CN2CCN1CC2)NCCCOc1ccccc1.I. The van der Waals surface area contributed by atoms with E-state index in [0.717, 1.165) is 44.3 Å². The van der Waals surface area contributed by atoms with Crippen LogP contribution in [0.2, 0.25) is 0 Å². The van der Waals surface area contributed by atoms with Gasteiger partial charge in [-0.1, -0.05) is 18.2 Å². The van der Waals surface area contributed by atoms with Crippen LogP contribution < -0.4 is 15.4 Å². The molecule has 146 valence electrons. The molecule has 0 amide bonds. The molecule has 1 atom stereocenters. The van der Waals surface area contributed by atoms with Crippen molar-refractivity contribution in [3.05, 3.63) is 30.3 Å². The third-order valence-corrected chi connectivity index (χ3v) is 4.82. The maximum atomic E-state index is 5.72. The molecule has 0 saturated carbocycles. The van der Waals surface area contributed by atoms with Gasteiger partial charge in [0, 0.05) is 51.9 Å². The molecule has 4 rings (SSSR count). The van der Waals surface area contributed by atoms with Crippen LogP contribution in [0.25, 0.3) is 0 Å². The van der Waals surface area contributed by atoms with E-state index in [9.17, 15) is 0 Å². The van der Waals surface area contributed by atoms with Crippen molar-refractivity contribution in [3.8, 4) is 5.75 Å². The number of aliphatic imine (C=N–C) groups is 1. The van der Waals surface area contributed by atoms with E-state index in [1.807, 2.05) is 30.3 Å². The van der Waals surface area contributed by atoms with Crippen LogP contribution in [0.5, 0.6) is 5.75 Å². The molecule has 2 bridgehead atoms. The number of halogens is 1. The minimum absolute atomic E-state index is 0. The zero-order chi connectivity index (χ0) is 17.3. The largest absolute Gasteiger partial charge is 0.494 e. The van der Waals surface area contributed by atoms with Gasteiger partial charge in [0.25, 0.3) is 0 Å². The maximum Gasteiger partial charge on any atom is 0.191 e. The van der Waals surface area contributed by atoms with E-state index >= 15 is 0 Å². The fourth-order valence-electron chi connectivity index (χ4n) is 3.42. The fourth-order valence-corrected chi connectivity index (χ4v) is 3.42. The van der Waals surface area contributed by atoms with E-state index in [4.69, 9.17) is 9.73 Å². The highest BCUT2D eigenvalue weighted by Gasteiger charge is 2.31. The number of nitrogens with one attached hydrogen (secondary N) is 2. The molecule has 2 N–H and O–H groups in total. The zero-order valence-corrected chi connectivity index (χ0v) is 18.0. The molecule has 0 aliphatic carbocycles. The average Bonchev–Trinajstić information content (AvgIpc) is 2.67. The number of nitrogens with zero attached hydrogens (tertiary/aromatic N) is 3. The number of hydrogen-bond donors (Lipinski definition) is 2. The van der Waals surface area contributed by atoms with Crippen LogP contribution >= 0.6 is 24.0 Å². The Hall–Kier alpha value is -1.06. The molecule has 7 heteroatoms. The summed E-state index contributed by atoms with van der Waals surface area (Å²) in [5.41, 5.74) is 0. The van der Waals surface area contributed by atoms with Gasteiger partial charge in [0.2, 0.25) is 0 Å². The highest BCUT2D eigenvalue weighted by molar-refractivity contribution is 14.0. The molecule has 3 aliphatic rings. The van der Waals surface area contributed by atoms with Gasteiger partial charge in [0.1, 0.15) is 5.75 Å². The first-order valence-corrected chi connectivity index (χ1v) is 9.51. The van der Waals surface area contributed by atoms with Crippen LogP contribution in [0, 0.1) is 0 Å². The highest BCUT2D eigenvalue weighted by atomic mass is 127. The lowest BCUT2D eigenvalue weighted by Crippen LogP contribution is -2.62. The summed E-state index contributed by atoms with van der Waals surface area (Å²) in [5, 5.41) is 6.76. The first-order chi connectivity index (χ1) is 12.3. The Morgan fingerprint density at radius 2 is 1.92 bits per heavy atom. The molecule has 0 spiro atoms. The van der Waals surface area contributed by atoms with Crippen LogP contribution in [0.4, 0.5) is 0 Å². The second-order valence-corrected chi connectivity index (χ2v) is 6.65. The van der Waals surface area contributed by atoms with Crippen molar-refractivity contribution in [3.63, 3.8) is 0 Å². The third-order valence-electron chi connectivity index (χ3n) is 4.82. The number of benzene rings is 1. The van der Waals surface area contributed by atoms with Crippen molar-refractivity contribution in [2.24, 2.45) is 4.99 Å². The van der Waals surface area contributed by atoms with Crippen LogP contribution in [-0.4, -0.2) is 80.8 Å². The molecular weight excluding hydrogens is 441 g/mol. The summed E-state index contributed by atoms with van der Waals surface area (Å²) < 4.78 is 5.72. The van der Waals surface area contributed by atoms with Gasteiger partial charge in [0.15, 0.2) is 5.96 Å². The smallest absolute Gasteiger partial charge is 0.191 e. The topological polar surface area (TPSA) is 52.1 Å². The van der Waals surface area contributed by atoms with Crippen LogP contribution in [0.1, 0.15) is 13.3 Å². The molecule has 0 radical (unpaired) electrons. The molecule has 26 heavy (non-hydrogen) atoms. The van der Waals surface area contributed by atoms with Gasteiger partial charge in [-0.15, -0.1) is 24.0 Å². The average molecular weight is 473 g/mol. The Labute approximate surface area is 174 Å². The quantitative estimate of drug-likeness (QED) is 0.260. The number of hydrogen-bond acceptors (Lipinski definition) is 4. The Kier molecular flexibility index (Phi) is 9.49. The Balaban J connectivity index is 0.00000243. The monoisotopic (exact) mass is 473 g/mol.